The Bertz CT molecular complexity index is 721. The van der Waals surface area contributed by atoms with Crippen LogP contribution >= 0.6 is 0 Å². The Morgan fingerprint density at radius 3 is 2.89 bits per heavy atom. The first kappa shape index (κ1) is 20.7. The van der Waals surface area contributed by atoms with Crippen LogP contribution < -0.4 is 0 Å². The van der Waals surface area contributed by atoms with E-state index in [0.29, 0.717) is 18.4 Å². The largest absolute Gasteiger partial charge is 0.507 e. The van der Waals surface area contributed by atoms with Gasteiger partial charge in [-0.25, -0.2) is 9.59 Å². The lowest BCUT2D eigenvalue weighted by Gasteiger charge is -2.24. The smallest absolute Gasteiger partial charge is 0.342 e. The van der Waals surface area contributed by atoms with Crippen LogP contribution in [0, 0.1) is 5.92 Å². The molecule has 0 saturated carbocycles. The minimum atomic E-state index is -0.665. The highest BCUT2D eigenvalue weighted by Gasteiger charge is 2.25. The lowest BCUT2D eigenvalue weighted by Crippen LogP contribution is -2.28. The van der Waals surface area contributed by atoms with Crippen LogP contribution in [0.5, 0.6) is 5.75 Å². The summed E-state index contributed by atoms with van der Waals surface area (Å²) in [5, 5.41) is 20.6. The van der Waals surface area contributed by atoms with E-state index in [9.17, 15) is 19.8 Å². The first-order valence-electron chi connectivity index (χ1n) is 9.01. The van der Waals surface area contributed by atoms with Gasteiger partial charge in [0.15, 0.2) is 0 Å². The Balaban J connectivity index is 2.29. The van der Waals surface area contributed by atoms with Crippen molar-refractivity contribution in [2.24, 2.45) is 5.92 Å². The van der Waals surface area contributed by atoms with Gasteiger partial charge in [-0.2, -0.15) is 0 Å². The highest BCUT2D eigenvalue weighted by molar-refractivity contribution is 5.94. The number of esters is 2. The number of ether oxygens (including phenoxy) is 2. The van der Waals surface area contributed by atoms with Crippen molar-refractivity contribution in [3.63, 3.8) is 0 Å². The molecule has 0 amide bonds. The molecule has 1 aromatic rings. The summed E-state index contributed by atoms with van der Waals surface area (Å²) >= 11 is 0. The van der Waals surface area contributed by atoms with Crippen molar-refractivity contribution in [1.82, 2.24) is 0 Å². The fourth-order valence-corrected chi connectivity index (χ4v) is 2.96. The molecule has 2 N–H and O–H groups in total. The molecule has 0 aliphatic carbocycles. The van der Waals surface area contributed by atoms with E-state index in [0.717, 1.165) is 0 Å². The second-order valence-electron chi connectivity index (χ2n) is 6.69. The molecule has 27 heavy (non-hydrogen) atoms. The number of rotatable bonds is 3. The molecule has 0 unspecified atom stereocenters. The summed E-state index contributed by atoms with van der Waals surface area (Å²) in [5.74, 6) is -1.29. The highest BCUT2D eigenvalue weighted by Crippen LogP contribution is 2.26. The maximum Gasteiger partial charge on any atom is 0.342 e. The number of aromatic hydroxyl groups is 1. The van der Waals surface area contributed by atoms with Crippen LogP contribution in [0.25, 0.3) is 0 Å². The lowest BCUT2D eigenvalue weighted by molar-refractivity contribution is -0.134. The van der Waals surface area contributed by atoms with Gasteiger partial charge in [-0.05, 0) is 30.4 Å². The van der Waals surface area contributed by atoms with Gasteiger partial charge in [0, 0.05) is 18.9 Å². The van der Waals surface area contributed by atoms with Gasteiger partial charge < -0.3 is 19.7 Å². The minimum absolute atomic E-state index is 0.00453. The molecule has 1 aromatic carbocycles. The number of benzene rings is 1. The van der Waals surface area contributed by atoms with Gasteiger partial charge in [0.25, 0.3) is 0 Å². The third kappa shape index (κ3) is 5.96. The lowest BCUT2D eigenvalue weighted by atomic mass is 9.93. The summed E-state index contributed by atoms with van der Waals surface area (Å²) in [6.45, 7) is 1.93. The normalized spacial score (nSPS) is 25.0. The molecule has 0 spiro atoms. The second-order valence-corrected chi connectivity index (χ2v) is 6.69. The van der Waals surface area contributed by atoms with Crippen molar-refractivity contribution in [3.8, 4) is 5.75 Å². The van der Waals surface area contributed by atoms with Crippen LogP contribution in [0.3, 0.4) is 0 Å². The number of phenolic OH excluding ortho intramolecular Hbond substituents is 1. The van der Waals surface area contributed by atoms with Gasteiger partial charge in [-0.3, -0.25) is 0 Å². The Hall–Kier alpha value is -2.60. The number of aliphatic hydroxyl groups excluding tert-OH is 1. The van der Waals surface area contributed by atoms with E-state index in [1.807, 2.05) is 19.1 Å². The number of carbonyl (C=O) groups is 2. The quantitative estimate of drug-likeness (QED) is 0.480. The highest BCUT2D eigenvalue weighted by atomic mass is 16.5. The van der Waals surface area contributed by atoms with E-state index in [4.69, 9.17) is 4.74 Å². The number of carbonyl (C=O) groups excluding carboxylic acids is 2. The molecule has 0 bridgehead atoms. The van der Waals surface area contributed by atoms with Gasteiger partial charge >= 0.3 is 11.9 Å². The van der Waals surface area contributed by atoms with Crippen LogP contribution in [0.15, 0.2) is 42.5 Å². The molecule has 6 heteroatoms. The summed E-state index contributed by atoms with van der Waals surface area (Å²) in [7, 11) is 1.28. The van der Waals surface area contributed by atoms with E-state index >= 15 is 0 Å². The maximum absolute atomic E-state index is 12.7. The molecule has 1 aliphatic heterocycles. The van der Waals surface area contributed by atoms with Gasteiger partial charge in [-0.1, -0.05) is 37.3 Å². The number of fused-ring (bicyclic) bond motifs is 1. The minimum Gasteiger partial charge on any atom is -0.507 e. The molecule has 2 rings (SSSR count). The van der Waals surface area contributed by atoms with E-state index < -0.39 is 24.1 Å². The van der Waals surface area contributed by atoms with Gasteiger partial charge in [0.1, 0.15) is 17.4 Å². The standard InChI is InChI=1S/C21H26O6/c1-14-7-3-4-8-15-9-5-11-17(22)20(15)21(25)27-16(13-18(14)23)10-6-12-19(24)26-2/h3-6,9,11-12,14,16,18,22-23H,7-8,10,13H2,1-2H3/b4-3-,12-6+/t14-,16-,18+/m1/s1. The van der Waals surface area contributed by atoms with Crippen LogP contribution in [0.1, 0.15) is 42.1 Å². The second kappa shape index (κ2) is 9.92. The van der Waals surface area contributed by atoms with Crippen LogP contribution in [0.4, 0.5) is 0 Å². The van der Waals surface area contributed by atoms with Gasteiger partial charge in [0.2, 0.25) is 0 Å². The first-order chi connectivity index (χ1) is 12.9. The summed E-state index contributed by atoms with van der Waals surface area (Å²) in [6, 6.07) is 4.90. The molecular formula is C21H26O6. The topological polar surface area (TPSA) is 93.1 Å². The first-order valence-corrected chi connectivity index (χ1v) is 9.01. The Morgan fingerprint density at radius 2 is 2.15 bits per heavy atom. The van der Waals surface area contributed by atoms with E-state index in [2.05, 4.69) is 4.74 Å². The number of hydrogen-bond donors (Lipinski definition) is 2. The number of phenols is 1. The third-order valence-electron chi connectivity index (χ3n) is 4.63. The maximum atomic E-state index is 12.7. The van der Waals surface area contributed by atoms with E-state index in [1.54, 1.807) is 18.2 Å². The van der Waals surface area contributed by atoms with Crippen molar-refractivity contribution in [2.75, 3.05) is 7.11 Å². The van der Waals surface area contributed by atoms with Crippen LogP contribution in [-0.2, 0) is 20.7 Å². The van der Waals surface area contributed by atoms with E-state index in [-0.39, 0.29) is 30.1 Å². The number of methoxy groups -OCH3 is 1. The fourth-order valence-electron chi connectivity index (χ4n) is 2.96. The number of cyclic esters (lactones) is 1. The number of aliphatic hydroxyl groups is 1. The molecular weight excluding hydrogens is 348 g/mol. The molecule has 0 saturated heterocycles. The molecule has 0 radical (unpaired) electrons. The molecule has 6 nitrogen and oxygen atoms in total. The predicted octanol–water partition coefficient (Wildman–Crippen LogP) is 2.93. The predicted molar refractivity (Wildman–Crippen MR) is 100 cm³/mol. The average Bonchev–Trinajstić information content (AvgIpc) is 2.63. The molecule has 0 fully saturated rings. The molecule has 146 valence electrons. The average molecular weight is 374 g/mol. The SMILES string of the molecule is COC(=O)/C=C/C[C@@H]1C[C@H](O)[C@H](C)C/C=C\Cc2cccc(O)c2C(=O)O1. The Morgan fingerprint density at radius 1 is 1.37 bits per heavy atom. The zero-order valence-corrected chi connectivity index (χ0v) is 15.6. The number of allylic oxidation sites excluding steroid dienone is 2. The Labute approximate surface area is 159 Å². The Kier molecular flexibility index (Phi) is 7.61. The fraction of sp³-hybridized carbons (Fsp3) is 0.429. The third-order valence-corrected chi connectivity index (χ3v) is 4.63. The molecule has 1 aliphatic rings. The van der Waals surface area contributed by atoms with Crippen LogP contribution in [-0.4, -0.2) is 41.5 Å². The van der Waals surface area contributed by atoms with Gasteiger partial charge in [-0.15, -0.1) is 0 Å². The molecule has 3 atom stereocenters. The van der Waals surface area contributed by atoms with Crippen molar-refractivity contribution in [1.29, 1.82) is 0 Å². The number of hydrogen-bond acceptors (Lipinski definition) is 6. The van der Waals surface area contributed by atoms with Gasteiger partial charge in [0.05, 0.1) is 13.2 Å². The monoisotopic (exact) mass is 374 g/mol. The molecule has 1 heterocycles. The molecule has 0 aromatic heterocycles. The van der Waals surface area contributed by atoms with Crippen molar-refractivity contribution in [2.45, 2.75) is 44.8 Å². The van der Waals surface area contributed by atoms with Crippen molar-refractivity contribution >= 4 is 11.9 Å². The van der Waals surface area contributed by atoms with Crippen LogP contribution in [0.2, 0.25) is 0 Å². The zero-order valence-electron chi connectivity index (χ0n) is 15.6. The zero-order chi connectivity index (χ0) is 19.8. The summed E-state index contributed by atoms with van der Waals surface area (Å²) < 4.78 is 10.1. The van der Waals surface area contributed by atoms with E-state index in [1.165, 1.54) is 19.3 Å². The summed E-state index contributed by atoms with van der Waals surface area (Å²) in [4.78, 5) is 23.9. The summed E-state index contributed by atoms with van der Waals surface area (Å²) in [5.41, 5.74) is 0.807. The van der Waals surface area contributed by atoms with Crippen molar-refractivity contribution < 1.29 is 29.3 Å². The van der Waals surface area contributed by atoms with Crippen molar-refractivity contribution in [3.05, 3.63) is 53.6 Å². The summed E-state index contributed by atoms with van der Waals surface area (Å²) in [6.07, 6.45) is 7.07.